The van der Waals surface area contributed by atoms with E-state index >= 15 is 0 Å². The van der Waals surface area contributed by atoms with Gasteiger partial charge in [0.05, 0.1) is 26.4 Å². The molecule has 19 heteroatoms. The van der Waals surface area contributed by atoms with Crippen LogP contribution in [0.3, 0.4) is 0 Å². The number of rotatable bonds is 69. The molecule has 0 aromatic rings. The fraction of sp³-hybridized carbons (Fsp3) is 0.944. The molecule has 0 aromatic heterocycles. The number of carbonyl (C=O) groups is 4. The first kappa shape index (κ1) is 88.1. The highest BCUT2D eigenvalue weighted by Gasteiger charge is 2.30. The van der Waals surface area contributed by atoms with Gasteiger partial charge in [0, 0.05) is 25.7 Å². The zero-order valence-electron chi connectivity index (χ0n) is 58.6. The normalized spacial score (nSPS) is 14.5. The van der Waals surface area contributed by atoms with Crippen LogP contribution < -0.4 is 0 Å². The van der Waals surface area contributed by atoms with Gasteiger partial charge in [0.1, 0.15) is 19.3 Å². The fourth-order valence-corrected chi connectivity index (χ4v) is 12.3. The second kappa shape index (κ2) is 61.9. The lowest BCUT2D eigenvalue weighted by atomic mass is 10.00. The van der Waals surface area contributed by atoms with Crippen LogP contribution in [-0.4, -0.2) is 96.7 Å². The molecule has 534 valence electrons. The molecule has 0 radical (unpaired) electrons. The maximum atomic E-state index is 13.0. The van der Waals surface area contributed by atoms with Gasteiger partial charge in [0.2, 0.25) is 0 Å². The average Bonchev–Trinajstić information content (AvgIpc) is 3.71. The molecule has 17 nitrogen and oxygen atoms in total. The highest BCUT2D eigenvalue weighted by molar-refractivity contribution is 7.47. The SMILES string of the molecule is CCCCCCCCCCCCCCCCCCCC(=O)O[C@H](COC(=O)CCCCCCCCCCCC(C)C)COP(=O)(O)OC[C@@H](O)COP(=O)(O)OC[C@@H](COC(=O)CCCCCCCCC(C)CC)OC(=O)CCCCCCCCCCC(C)C. The van der Waals surface area contributed by atoms with Crippen LogP contribution in [0, 0.1) is 17.8 Å². The van der Waals surface area contributed by atoms with Crippen molar-refractivity contribution in [3.63, 3.8) is 0 Å². The maximum Gasteiger partial charge on any atom is 0.472 e. The van der Waals surface area contributed by atoms with Crippen molar-refractivity contribution in [2.24, 2.45) is 17.8 Å². The van der Waals surface area contributed by atoms with Crippen molar-refractivity contribution in [3.8, 4) is 0 Å². The Bertz CT molecular complexity index is 1770. The van der Waals surface area contributed by atoms with Crippen molar-refractivity contribution in [2.75, 3.05) is 39.6 Å². The monoisotopic (exact) mass is 1320 g/mol. The smallest absolute Gasteiger partial charge is 0.462 e. The number of carbonyl (C=O) groups excluding carboxylic acids is 4. The minimum atomic E-state index is -4.95. The Kier molecular flexibility index (Phi) is 60.6. The van der Waals surface area contributed by atoms with E-state index in [9.17, 15) is 43.2 Å². The highest BCUT2D eigenvalue weighted by atomic mass is 31.2. The molecular weight excluding hydrogens is 1190 g/mol. The van der Waals surface area contributed by atoms with Crippen LogP contribution in [0.15, 0.2) is 0 Å². The number of hydrogen-bond donors (Lipinski definition) is 3. The summed E-state index contributed by atoms with van der Waals surface area (Å²) in [5.41, 5.74) is 0. The molecule has 90 heavy (non-hydrogen) atoms. The third-order valence-corrected chi connectivity index (χ3v) is 18.6. The Balaban J connectivity index is 5.24. The molecule has 0 spiro atoms. The molecule has 3 N–H and O–H groups in total. The van der Waals surface area contributed by atoms with Gasteiger partial charge in [-0.1, -0.05) is 305 Å². The number of aliphatic hydroxyl groups excluding tert-OH is 1. The number of phosphoric ester groups is 2. The number of esters is 4. The molecule has 0 aliphatic carbocycles. The molecule has 0 saturated carbocycles. The summed E-state index contributed by atoms with van der Waals surface area (Å²) in [5, 5.41) is 10.6. The van der Waals surface area contributed by atoms with Gasteiger partial charge in [-0.25, -0.2) is 9.13 Å². The van der Waals surface area contributed by atoms with Crippen LogP contribution in [-0.2, 0) is 65.4 Å². The number of phosphoric acid groups is 2. The van der Waals surface area contributed by atoms with Crippen molar-refractivity contribution in [1.29, 1.82) is 0 Å². The molecule has 0 heterocycles. The number of ether oxygens (including phenoxy) is 4. The predicted molar refractivity (Wildman–Crippen MR) is 363 cm³/mol. The molecule has 0 saturated heterocycles. The van der Waals surface area contributed by atoms with Crippen LogP contribution >= 0.6 is 15.6 Å². The minimum absolute atomic E-state index is 0.103. The fourth-order valence-electron chi connectivity index (χ4n) is 10.7. The molecule has 0 bridgehead atoms. The first-order valence-corrected chi connectivity index (χ1v) is 39.9. The quantitative estimate of drug-likeness (QED) is 0.0222. The minimum Gasteiger partial charge on any atom is -0.462 e. The Morgan fingerprint density at radius 1 is 0.322 bits per heavy atom. The molecule has 0 aliphatic rings. The number of unbranched alkanes of at least 4 members (excludes halogenated alkanes) is 36. The van der Waals surface area contributed by atoms with Crippen molar-refractivity contribution in [1.82, 2.24) is 0 Å². The third-order valence-electron chi connectivity index (χ3n) is 16.7. The van der Waals surface area contributed by atoms with E-state index in [0.29, 0.717) is 25.7 Å². The molecule has 0 rings (SSSR count). The van der Waals surface area contributed by atoms with Gasteiger partial charge in [0.15, 0.2) is 12.2 Å². The Labute approximate surface area is 549 Å². The largest absolute Gasteiger partial charge is 0.472 e. The first-order chi connectivity index (χ1) is 43.3. The summed E-state index contributed by atoms with van der Waals surface area (Å²) >= 11 is 0. The van der Waals surface area contributed by atoms with Gasteiger partial charge < -0.3 is 33.8 Å². The Hall–Kier alpha value is -1.94. The Morgan fingerprint density at radius 3 is 0.844 bits per heavy atom. The van der Waals surface area contributed by atoms with Crippen LogP contribution in [0.4, 0.5) is 0 Å². The van der Waals surface area contributed by atoms with E-state index in [2.05, 4.69) is 48.5 Å². The van der Waals surface area contributed by atoms with E-state index in [0.717, 1.165) is 114 Å². The van der Waals surface area contributed by atoms with E-state index in [1.165, 1.54) is 161 Å². The van der Waals surface area contributed by atoms with Crippen LogP contribution in [0.25, 0.3) is 0 Å². The summed E-state index contributed by atoms with van der Waals surface area (Å²) in [6.45, 7) is 11.8. The summed E-state index contributed by atoms with van der Waals surface area (Å²) in [4.78, 5) is 72.6. The number of aliphatic hydroxyl groups is 1. The second-order valence-electron chi connectivity index (χ2n) is 26.8. The van der Waals surface area contributed by atoms with Crippen LogP contribution in [0.1, 0.15) is 357 Å². The molecule has 6 atom stereocenters. The van der Waals surface area contributed by atoms with Crippen molar-refractivity contribution in [3.05, 3.63) is 0 Å². The van der Waals surface area contributed by atoms with E-state index < -0.39 is 97.5 Å². The molecular formula is C71H138O17P2. The molecule has 0 amide bonds. The van der Waals surface area contributed by atoms with Crippen LogP contribution in [0.5, 0.6) is 0 Å². The third kappa shape index (κ3) is 63.5. The highest BCUT2D eigenvalue weighted by Crippen LogP contribution is 2.45. The summed E-state index contributed by atoms with van der Waals surface area (Å²) in [5.74, 6) is 0.0654. The van der Waals surface area contributed by atoms with Crippen molar-refractivity contribution in [2.45, 2.75) is 375 Å². The van der Waals surface area contributed by atoms with E-state index in [-0.39, 0.29) is 25.7 Å². The zero-order valence-corrected chi connectivity index (χ0v) is 60.4. The van der Waals surface area contributed by atoms with Gasteiger partial charge >= 0.3 is 39.5 Å². The van der Waals surface area contributed by atoms with E-state index in [1.807, 2.05) is 0 Å². The van der Waals surface area contributed by atoms with E-state index in [4.69, 9.17) is 37.0 Å². The summed E-state index contributed by atoms with van der Waals surface area (Å²) in [6, 6.07) is 0. The van der Waals surface area contributed by atoms with Crippen molar-refractivity contribution >= 4 is 39.5 Å². The van der Waals surface area contributed by atoms with Gasteiger partial charge in [-0.05, 0) is 43.4 Å². The molecule has 0 aliphatic heterocycles. The van der Waals surface area contributed by atoms with Crippen LogP contribution in [0.2, 0.25) is 0 Å². The van der Waals surface area contributed by atoms with Crippen molar-refractivity contribution < 1.29 is 80.2 Å². The summed E-state index contributed by atoms with van der Waals surface area (Å²) in [6.07, 6.45) is 45.9. The lowest BCUT2D eigenvalue weighted by Gasteiger charge is -2.21. The molecule has 0 aromatic carbocycles. The van der Waals surface area contributed by atoms with E-state index in [1.54, 1.807) is 0 Å². The molecule has 3 unspecified atom stereocenters. The van der Waals surface area contributed by atoms with Gasteiger partial charge in [-0.2, -0.15) is 0 Å². The maximum absolute atomic E-state index is 13.0. The first-order valence-electron chi connectivity index (χ1n) is 36.9. The number of hydrogen-bond acceptors (Lipinski definition) is 15. The summed E-state index contributed by atoms with van der Waals surface area (Å²) < 4.78 is 68.3. The van der Waals surface area contributed by atoms with Gasteiger partial charge in [-0.15, -0.1) is 0 Å². The lowest BCUT2D eigenvalue weighted by Crippen LogP contribution is -2.30. The summed E-state index contributed by atoms with van der Waals surface area (Å²) in [7, 11) is -9.90. The predicted octanol–water partition coefficient (Wildman–Crippen LogP) is 20.2. The lowest BCUT2D eigenvalue weighted by molar-refractivity contribution is -0.161. The zero-order chi connectivity index (χ0) is 66.6. The average molecular weight is 1330 g/mol. The Morgan fingerprint density at radius 2 is 0.567 bits per heavy atom. The van der Waals surface area contributed by atoms with Gasteiger partial charge in [-0.3, -0.25) is 37.3 Å². The standard InChI is InChI=1S/C71H138O17P2/c1-8-10-11-12-13-14-15-16-17-18-19-20-21-24-31-40-47-54-70(75)87-66(58-81-68(73)52-45-38-30-25-22-23-28-35-42-49-62(3)4)60-85-89(77,78)83-56-65(72)57-84-90(79,80)86-61-67(59-82-69(74)53-46-39-34-33-37-44-51-64(7)9-2)88-71(76)55-48-41-32-27-26-29-36-43-50-63(5)6/h62-67,72H,8-61H2,1-7H3,(H,77,78)(H,79,80)/t64?,65-,66-,67-/m1/s1. The topological polar surface area (TPSA) is 237 Å². The van der Waals surface area contributed by atoms with Gasteiger partial charge in [0.25, 0.3) is 0 Å². The second-order valence-corrected chi connectivity index (χ2v) is 29.7. The molecule has 0 fully saturated rings.